The topological polar surface area (TPSA) is 0 Å². The molecule has 2 aliphatic carbocycles. The quantitative estimate of drug-likeness (QED) is 0.727. The molecule has 0 N–H and O–H groups in total. The van der Waals surface area contributed by atoms with Gasteiger partial charge in [-0.3, -0.25) is 0 Å². The van der Waals surface area contributed by atoms with Gasteiger partial charge in [-0.25, -0.2) is 0 Å². The Morgan fingerprint density at radius 3 is 1.72 bits per heavy atom. The highest BCUT2D eigenvalue weighted by Crippen LogP contribution is 2.33. The zero-order valence-electron chi connectivity index (χ0n) is 10.4. The molecule has 1 aromatic carbocycles. The number of benzene rings is 1. The van der Waals surface area contributed by atoms with E-state index in [0.717, 1.165) is 6.42 Å². The summed E-state index contributed by atoms with van der Waals surface area (Å²) >= 11 is 0. The van der Waals surface area contributed by atoms with E-state index in [9.17, 15) is 0 Å². The van der Waals surface area contributed by atoms with Crippen molar-refractivity contribution >= 4 is 0 Å². The minimum Gasteiger partial charge on any atom is -0.0773 e. The second-order valence-electron chi connectivity index (χ2n) is 5.05. The van der Waals surface area contributed by atoms with Gasteiger partial charge in [0.1, 0.15) is 0 Å². The Morgan fingerprint density at radius 2 is 1.22 bits per heavy atom. The van der Waals surface area contributed by atoms with Crippen LogP contribution in [0.25, 0.3) is 0 Å². The smallest absolute Gasteiger partial charge is 0.000716 e. The van der Waals surface area contributed by atoms with E-state index in [1.165, 1.54) is 5.56 Å². The van der Waals surface area contributed by atoms with Crippen LogP contribution >= 0.6 is 0 Å². The average Bonchev–Trinajstić information content (AvgIpc) is 3.11. The molecule has 0 heterocycles. The van der Waals surface area contributed by atoms with Crippen molar-refractivity contribution in [1.82, 2.24) is 0 Å². The lowest BCUT2D eigenvalue weighted by atomic mass is 9.79. The Labute approximate surface area is 109 Å². The summed E-state index contributed by atoms with van der Waals surface area (Å²) in [5, 5.41) is 0. The highest BCUT2D eigenvalue weighted by molar-refractivity contribution is 5.27. The molecule has 1 aromatic rings. The van der Waals surface area contributed by atoms with Crippen molar-refractivity contribution in [2.45, 2.75) is 6.42 Å². The lowest BCUT2D eigenvalue weighted by Crippen LogP contribution is -2.20. The SMILES string of the molecule is C1=CC(C(Cc2ccccc2)C2C=CC=C2)C=C1. The first-order valence-electron chi connectivity index (χ1n) is 6.67. The number of rotatable bonds is 4. The highest BCUT2D eigenvalue weighted by atomic mass is 14.3. The molecule has 18 heavy (non-hydrogen) atoms. The summed E-state index contributed by atoms with van der Waals surface area (Å²) < 4.78 is 0. The van der Waals surface area contributed by atoms with Crippen molar-refractivity contribution in [2.75, 3.05) is 0 Å². The highest BCUT2D eigenvalue weighted by Gasteiger charge is 2.25. The van der Waals surface area contributed by atoms with Crippen LogP contribution in [0.2, 0.25) is 0 Å². The van der Waals surface area contributed by atoms with Crippen LogP contribution in [0.15, 0.2) is 78.9 Å². The van der Waals surface area contributed by atoms with E-state index in [1.54, 1.807) is 0 Å². The van der Waals surface area contributed by atoms with Crippen molar-refractivity contribution in [2.24, 2.45) is 17.8 Å². The second kappa shape index (κ2) is 5.22. The summed E-state index contributed by atoms with van der Waals surface area (Å²) in [6, 6.07) is 10.8. The first-order valence-corrected chi connectivity index (χ1v) is 6.67. The molecule has 0 nitrogen and oxygen atoms in total. The Bertz CT molecular complexity index is 450. The van der Waals surface area contributed by atoms with Gasteiger partial charge in [-0.15, -0.1) is 0 Å². The molecule has 2 aliphatic rings. The minimum atomic E-state index is 0.572. The molecule has 0 heteroatoms. The summed E-state index contributed by atoms with van der Waals surface area (Å²) in [5.41, 5.74) is 1.44. The molecule has 0 saturated heterocycles. The predicted molar refractivity (Wildman–Crippen MR) is 77.2 cm³/mol. The number of hydrogen-bond acceptors (Lipinski definition) is 0. The number of allylic oxidation sites excluding steroid dienone is 8. The van der Waals surface area contributed by atoms with Gasteiger partial charge in [0.15, 0.2) is 0 Å². The molecule has 0 atom stereocenters. The first-order chi connectivity index (χ1) is 8.93. The van der Waals surface area contributed by atoms with Crippen LogP contribution in [0.4, 0.5) is 0 Å². The third-order valence-electron chi connectivity index (χ3n) is 3.86. The van der Waals surface area contributed by atoms with Crippen molar-refractivity contribution in [3.8, 4) is 0 Å². The minimum absolute atomic E-state index is 0.572. The number of hydrogen-bond donors (Lipinski definition) is 0. The third kappa shape index (κ3) is 2.38. The predicted octanol–water partition coefficient (Wildman–Crippen LogP) is 4.33. The summed E-state index contributed by atoms with van der Waals surface area (Å²) in [7, 11) is 0. The van der Waals surface area contributed by atoms with Crippen LogP contribution in [-0.4, -0.2) is 0 Å². The Morgan fingerprint density at radius 1 is 0.722 bits per heavy atom. The Hall–Kier alpha value is -1.82. The summed E-state index contributed by atoms with van der Waals surface area (Å²) in [6.45, 7) is 0. The van der Waals surface area contributed by atoms with Gasteiger partial charge in [0, 0.05) is 0 Å². The lowest BCUT2D eigenvalue weighted by Gasteiger charge is -2.25. The molecule has 0 unspecified atom stereocenters. The molecule has 0 saturated carbocycles. The first kappa shape index (κ1) is 11.3. The van der Waals surface area contributed by atoms with E-state index in [1.807, 2.05) is 0 Å². The van der Waals surface area contributed by atoms with Crippen LogP contribution in [0.3, 0.4) is 0 Å². The van der Waals surface area contributed by atoms with Gasteiger partial charge in [-0.05, 0) is 29.7 Å². The van der Waals surface area contributed by atoms with Crippen LogP contribution in [0.1, 0.15) is 5.56 Å². The van der Waals surface area contributed by atoms with Crippen molar-refractivity contribution in [3.63, 3.8) is 0 Å². The van der Waals surface area contributed by atoms with E-state index in [-0.39, 0.29) is 0 Å². The molecule has 0 bridgehead atoms. The summed E-state index contributed by atoms with van der Waals surface area (Å²) in [5.74, 6) is 1.78. The van der Waals surface area contributed by atoms with Crippen molar-refractivity contribution in [3.05, 3.63) is 84.5 Å². The Balaban J connectivity index is 1.81. The van der Waals surface area contributed by atoms with Crippen LogP contribution in [-0.2, 0) is 6.42 Å². The second-order valence-corrected chi connectivity index (χ2v) is 5.05. The van der Waals surface area contributed by atoms with Gasteiger partial charge in [-0.2, -0.15) is 0 Å². The van der Waals surface area contributed by atoms with E-state index in [4.69, 9.17) is 0 Å². The molecule has 0 amide bonds. The summed E-state index contributed by atoms with van der Waals surface area (Å²) in [6.07, 6.45) is 19.1. The molecule has 0 aliphatic heterocycles. The molecule has 0 aromatic heterocycles. The molecule has 0 fully saturated rings. The van der Waals surface area contributed by atoms with Gasteiger partial charge in [0.25, 0.3) is 0 Å². The molecule has 90 valence electrons. The van der Waals surface area contributed by atoms with E-state index in [0.29, 0.717) is 17.8 Å². The fourth-order valence-electron chi connectivity index (χ4n) is 2.88. The van der Waals surface area contributed by atoms with E-state index < -0.39 is 0 Å². The fraction of sp³-hybridized carbons (Fsp3) is 0.222. The van der Waals surface area contributed by atoms with Gasteiger partial charge in [0.2, 0.25) is 0 Å². The maximum atomic E-state index is 2.33. The Kier molecular flexibility index (Phi) is 3.27. The van der Waals surface area contributed by atoms with Crippen LogP contribution < -0.4 is 0 Å². The maximum absolute atomic E-state index is 2.33. The van der Waals surface area contributed by atoms with Gasteiger partial charge < -0.3 is 0 Å². The van der Waals surface area contributed by atoms with E-state index in [2.05, 4.69) is 78.9 Å². The zero-order chi connectivity index (χ0) is 12.2. The molecule has 3 rings (SSSR count). The van der Waals surface area contributed by atoms with Gasteiger partial charge >= 0.3 is 0 Å². The lowest BCUT2D eigenvalue weighted by molar-refractivity contribution is 0.394. The largest absolute Gasteiger partial charge is 0.0773 e. The molecular formula is C18H18. The average molecular weight is 234 g/mol. The van der Waals surface area contributed by atoms with Crippen LogP contribution in [0, 0.1) is 17.8 Å². The van der Waals surface area contributed by atoms with Crippen LogP contribution in [0.5, 0.6) is 0 Å². The monoisotopic (exact) mass is 234 g/mol. The molecular weight excluding hydrogens is 216 g/mol. The normalized spacial score (nSPS) is 18.5. The molecule has 0 spiro atoms. The standard InChI is InChI=1S/C18H18/c1-2-8-15(9-3-1)14-18(16-10-4-5-11-16)17-12-6-7-13-17/h1-13,16-18H,14H2. The third-order valence-corrected chi connectivity index (χ3v) is 3.86. The maximum Gasteiger partial charge on any atom is -0.000716 e. The van der Waals surface area contributed by atoms with Gasteiger partial charge in [-0.1, -0.05) is 78.9 Å². The zero-order valence-corrected chi connectivity index (χ0v) is 10.4. The summed E-state index contributed by atoms with van der Waals surface area (Å²) in [4.78, 5) is 0. The van der Waals surface area contributed by atoms with Gasteiger partial charge in [0.05, 0.1) is 0 Å². The van der Waals surface area contributed by atoms with E-state index >= 15 is 0 Å². The molecule has 0 radical (unpaired) electrons. The van der Waals surface area contributed by atoms with Crippen molar-refractivity contribution in [1.29, 1.82) is 0 Å². The van der Waals surface area contributed by atoms with Crippen molar-refractivity contribution < 1.29 is 0 Å². The fourth-order valence-corrected chi connectivity index (χ4v) is 2.88.